The molecule has 0 spiro atoms. The minimum atomic E-state index is -0.283. The average Bonchev–Trinajstić information content (AvgIpc) is 3.25. The van der Waals surface area contributed by atoms with Gasteiger partial charge >= 0.3 is 6.03 Å². The summed E-state index contributed by atoms with van der Waals surface area (Å²) < 4.78 is 3.59. The number of carbonyl (C=O) groups excluding carboxylic acids is 1. The highest BCUT2D eigenvalue weighted by Gasteiger charge is 2.12. The Labute approximate surface area is 167 Å². The van der Waals surface area contributed by atoms with Gasteiger partial charge in [-0.1, -0.05) is 20.3 Å². The summed E-state index contributed by atoms with van der Waals surface area (Å²) in [6.07, 6.45) is 9.49. The van der Waals surface area contributed by atoms with Crippen molar-refractivity contribution in [3.8, 4) is 0 Å². The lowest BCUT2D eigenvalue weighted by molar-refractivity contribution is 0.218. The van der Waals surface area contributed by atoms with Crippen molar-refractivity contribution in [3.05, 3.63) is 24.2 Å². The molecule has 0 aliphatic carbocycles. The monoisotopic (exact) mass is 387 g/mol. The number of carbonyl (C=O) groups is 1. The van der Waals surface area contributed by atoms with Gasteiger partial charge in [-0.2, -0.15) is 10.2 Å². The fourth-order valence-corrected chi connectivity index (χ4v) is 3.46. The lowest BCUT2D eigenvalue weighted by atomic mass is 10.1. The number of aryl methyl sites for hydroxylation is 2. The minimum Gasteiger partial charge on any atom is -0.305 e. The van der Waals surface area contributed by atoms with Crippen LogP contribution in [0.1, 0.15) is 45.2 Å². The third-order valence-electron chi connectivity index (χ3n) is 5.13. The van der Waals surface area contributed by atoms with E-state index in [-0.39, 0.29) is 6.03 Å². The summed E-state index contributed by atoms with van der Waals surface area (Å²) in [5.74, 6) is 1.32. The fraction of sp³-hybridized carbons (Fsp3) is 0.650. The van der Waals surface area contributed by atoms with Crippen molar-refractivity contribution in [1.82, 2.24) is 24.5 Å². The third-order valence-corrected chi connectivity index (χ3v) is 5.13. The van der Waals surface area contributed by atoms with E-state index in [4.69, 9.17) is 0 Å². The highest BCUT2D eigenvalue weighted by molar-refractivity contribution is 5.99. The number of aromatic nitrogens is 4. The van der Waals surface area contributed by atoms with E-state index in [0.717, 1.165) is 31.6 Å². The van der Waals surface area contributed by atoms with E-state index in [1.54, 1.807) is 10.9 Å². The van der Waals surface area contributed by atoms with Crippen molar-refractivity contribution in [2.45, 2.75) is 52.5 Å². The van der Waals surface area contributed by atoms with Crippen LogP contribution in [0.5, 0.6) is 0 Å². The molecule has 0 aromatic carbocycles. The summed E-state index contributed by atoms with van der Waals surface area (Å²) in [5.41, 5.74) is 1.69. The summed E-state index contributed by atoms with van der Waals surface area (Å²) in [5, 5.41) is 14.5. The molecule has 0 atom stereocenters. The second-order valence-electron chi connectivity index (χ2n) is 8.05. The first-order valence-electron chi connectivity index (χ1n) is 10.4. The molecule has 154 valence electrons. The van der Waals surface area contributed by atoms with E-state index in [1.165, 1.54) is 32.4 Å². The molecule has 1 fully saturated rings. The Morgan fingerprint density at radius 2 is 1.96 bits per heavy atom. The van der Waals surface area contributed by atoms with E-state index >= 15 is 0 Å². The van der Waals surface area contributed by atoms with Gasteiger partial charge < -0.3 is 10.2 Å². The molecular formula is C20H33N7O. The molecule has 1 aliphatic rings. The first-order valence-corrected chi connectivity index (χ1v) is 10.4. The van der Waals surface area contributed by atoms with E-state index in [9.17, 15) is 4.79 Å². The van der Waals surface area contributed by atoms with Crippen LogP contribution in [0.15, 0.2) is 18.5 Å². The van der Waals surface area contributed by atoms with Gasteiger partial charge in [-0.15, -0.1) is 0 Å². The van der Waals surface area contributed by atoms with Crippen molar-refractivity contribution in [3.63, 3.8) is 0 Å². The first kappa shape index (κ1) is 20.4. The number of hydrogen-bond acceptors (Lipinski definition) is 4. The Kier molecular flexibility index (Phi) is 7.08. The lowest BCUT2D eigenvalue weighted by Crippen LogP contribution is -2.32. The van der Waals surface area contributed by atoms with Crippen LogP contribution in [-0.2, 0) is 20.0 Å². The molecule has 0 radical (unpaired) electrons. The molecule has 3 heterocycles. The molecule has 8 nitrogen and oxygen atoms in total. The Hall–Kier alpha value is -2.35. The first-order chi connectivity index (χ1) is 13.5. The number of nitrogens with zero attached hydrogens (tertiary/aromatic N) is 5. The van der Waals surface area contributed by atoms with Crippen molar-refractivity contribution in [2.24, 2.45) is 13.0 Å². The van der Waals surface area contributed by atoms with Gasteiger partial charge in [0.05, 0.1) is 24.1 Å². The molecular weight excluding hydrogens is 354 g/mol. The third kappa shape index (κ3) is 6.09. The maximum absolute atomic E-state index is 12.3. The van der Waals surface area contributed by atoms with Crippen LogP contribution in [0.3, 0.4) is 0 Å². The predicted molar refractivity (Wildman–Crippen MR) is 112 cm³/mol. The molecule has 3 rings (SSSR count). The van der Waals surface area contributed by atoms with Crippen LogP contribution in [0.25, 0.3) is 0 Å². The van der Waals surface area contributed by atoms with E-state index in [0.29, 0.717) is 17.4 Å². The van der Waals surface area contributed by atoms with Crippen molar-refractivity contribution < 1.29 is 4.79 Å². The van der Waals surface area contributed by atoms with Crippen LogP contribution in [-0.4, -0.2) is 50.1 Å². The molecule has 2 amide bonds. The summed E-state index contributed by atoms with van der Waals surface area (Å²) in [6.45, 7) is 8.59. The van der Waals surface area contributed by atoms with E-state index in [2.05, 4.69) is 39.6 Å². The smallest absolute Gasteiger partial charge is 0.305 e. The van der Waals surface area contributed by atoms with Crippen LogP contribution in [0.4, 0.5) is 16.3 Å². The number of piperidine rings is 1. The SMILES string of the molecule is CC(C)CCc1cc(NC(=O)Nc2cnn(CCN3CCCCC3)c2)n(C)n1. The fourth-order valence-electron chi connectivity index (χ4n) is 3.46. The maximum Gasteiger partial charge on any atom is 0.324 e. The molecule has 28 heavy (non-hydrogen) atoms. The normalized spacial score (nSPS) is 15.1. The largest absolute Gasteiger partial charge is 0.324 e. The highest BCUT2D eigenvalue weighted by Crippen LogP contribution is 2.14. The van der Waals surface area contributed by atoms with Gasteiger partial charge in [-0.05, 0) is 44.7 Å². The summed E-state index contributed by atoms with van der Waals surface area (Å²) in [6, 6.07) is 1.65. The maximum atomic E-state index is 12.3. The number of nitrogens with one attached hydrogen (secondary N) is 2. The minimum absolute atomic E-state index is 0.283. The van der Waals surface area contributed by atoms with Gasteiger partial charge in [0.15, 0.2) is 0 Å². The van der Waals surface area contributed by atoms with Crippen molar-refractivity contribution >= 4 is 17.5 Å². The van der Waals surface area contributed by atoms with Crippen molar-refractivity contribution in [1.29, 1.82) is 0 Å². The standard InChI is InChI=1S/C20H33N7O/c1-16(2)7-8-17-13-19(25(3)24-17)23-20(28)22-18-14-21-27(15-18)12-11-26-9-5-4-6-10-26/h13-16H,4-12H2,1-3H3,(H2,22,23,28). The summed E-state index contributed by atoms with van der Waals surface area (Å²) in [4.78, 5) is 14.8. The molecule has 2 aromatic heterocycles. The number of hydrogen-bond donors (Lipinski definition) is 2. The summed E-state index contributed by atoms with van der Waals surface area (Å²) >= 11 is 0. The Morgan fingerprint density at radius 3 is 2.71 bits per heavy atom. The van der Waals surface area contributed by atoms with E-state index in [1.807, 2.05) is 24.0 Å². The number of anilines is 2. The molecule has 8 heteroatoms. The van der Waals surface area contributed by atoms with Gasteiger partial charge in [0.25, 0.3) is 0 Å². The number of likely N-dealkylation sites (tertiary alicyclic amines) is 1. The molecule has 2 N–H and O–H groups in total. The molecule has 1 saturated heterocycles. The Balaban J connectivity index is 1.46. The van der Waals surface area contributed by atoms with Crippen LogP contribution < -0.4 is 10.6 Å². The number of urea groups is 1. The van der Waals surface area contributed by atoms with Gasteiger partial charge in [-0.25, -0.2) is 4.79 Å². The quantitative estimate of drug-likeness (QED) is 0.728. The number of amides is 2. The molecule has 0 saturated carbocycles. The zero-order chi connectivity index (χ0) is 19.9. The van der Waals surface area contributed by atoms with Gasteiger partial charge in [0.2, 0.25) is 0 Å². The zero-order valence-electron chi connectivity index (χ0n) is 17.3. The summed E-state index contributed by atoms with van der Waals surface area (Å²) in [7, 11) is 1.84. The predicted octanol–water partition coefficient (Wildman–Crippen LogP) is 3.34. The van der Waals surface area contributed by atoms with E-state index < -0.39 is 0 Å². The second-order valence-corrected chi connectivity index (χ2v) is 8.05. The Bertz CT molecular complexity index is 758. The molecule has 0 bridgehead atoms. The van der Waals surface area contributed by atoms with Crippen molar-refractivity contribution in [2.75, 3.05) is 30.3 Å². The number of rotatable bonds is 8. The molecule has 2 aromatic rings. The molecule has 0 unspecified atom stereocenters. The lowest BCUT2D eigenvalue weighted by Gasteiger charge is -2.26. The molecule has 1 aliphatic heterocycles. The van der Waals surface area contributed by atoms with Crippen LogP contribution >= 0.6 is 0 Å². The van der Waals surface area contributed by atoms with Gasteiger partial charge in [-0.3, -0.25) is 14.7 Å². The van der Waals surface area contributed by atoms with Crippen LogP contribution in [0, 0.1) is 5.92 Å². The highest BCUT2D eigenvalue weighted by atomic mass is 16.2. The van der Waals surface area contributed by atoms with Gasteiger partial charge in [0.1, 0.15) is 5.82 Å². The van der Waals surface area contributed by atoms with Crippen LogP contribution in [0.2, 0.25) is 0 Å². The zero-order valence-corrected chi connectivity index (χ0v) is 17.3. The topological polar surface area (TPSA) is 80.0 Å². The van der Waals surface area contributed by atoms with Gasteiger partial charge in [0, 0.05) is 25.9 Å². The average molecular weight is 388 g/mol. The second kappa shape index (κ2) is 9.73. The Morgan fingerprint density at radius 1 is 1.18 bits per heavy atom.